The maximum Gasteiger partial charge on any atom is 0.341 e. The molecular formula is C25H21ClN2O3S. The molecule has 2 aromatic heterocycles. The second-order valence-electron chi connectivity index (χ2n) is 7.42. The Morgan fingerprint density at radius 3 is 2.34 bits per heavy atom. The van der Waals surface area contributed by atoms with Crippen molar-refractivity contribution in [3.05, 3.63) is 80.7 Å². The lowest BCUT2D eigenvalue weighted by Gasteiger charge is -2.15. The van der Waals surface area contributed by atoms with E-state index in [-0.39, 0.29) is 5.91 Å². The molecule has 0 fully saturated rings. The third-order valence-electron chi connectivity index (χ3n) is 5.48. The molecule has 1 N–H and O–H groups in total. The number of nitrogens with zero attached hydrogens (tertiary/aromatic N) is 1. The van der Waals surface area contributed by atoms with Crippen LogP contribution in [0.4, 0.5) is 5.00 Å². The lowest BCUT2D eigenvalue weighted by molar-refractivity contribution is 0.0601. The van der Waals surface area contributed by atoms with Crippen molar-refractivity contribution in [3.8, 4) is 11.3 Å². The first-order valence-corrected chi connectivity index (χ1v) is 11.2. The van der Waals surface area contributed by atoms with Gasteiger partial charge in [0.2, 0.25) is 0 Å². The minimum Gasteiger partial charge on any atom is -0.465 e. The lowest BCUT2D eigenvalue weighted by Crippen LogP contribution is -2.17. The fourth-order valence-electron chi connectivity index (χ4n) is 3.72. The normalized spacial score (nSPS) is 10.9. The van der Waals surface area contributed by atoms with Crippen LogP contribution in [-0.2, 0) is 4.74 Å². The fourth-order valence-corrected chi connectivity index (χ4v) is 4.89. The molecule has 4 rings (SSSR count). The van der Waals surface area contributed by atoms with Crippen molar-refractivity contribution in [3.63, 3.8) is 0 Å². The van der Waals surface area contributed by atoms with Crippen LogP contribution in [0.25, 0.3) is 22.2 Å². The Labute approximate surface area is 195 Å². The largest absolute Gasteiger partial charge is 0.465 e. The van der Waals surface area contributed by atoms with Crippen LogP contribution in [0.2, 0.25) is 5.02 Å². The van der Waals surface area contributed by atoms with Gasteiger partial charge in [-0.05, 0) is 50.1 Å². The van der Waals surface area contributed by atoms with Gasteiger partial charge in [0.15, 0.2) is 0 Å². The summed E-state index contributed by atoms with van der Waals surface area (Å²) in [5.41, 5.74) is 4.72. The van der Waals surface area contributed by atoms with Crippen molar-refractivity contribution < 1.29 is 14.3 Å². The molecule has 0 bridgehead atoms. The van der Waals surface area contributed by atoms with Crippen LogP contribution in [0.1, 0.15) is 36.7 Å². The third-order valence-corrected chi connectivity index (χ3v) is 6.86. The molecule has 0 aliphatic heterocycles. The number of carbonyl (C=O) groups is 2. The summed E-state index contributed by atoms with van der Waals surface area (Å²) in [6.45, 7) is 5.64. The number of rotatable bonds is 4. The number of halogens is 1. The Morgan fingerprint density at radius 2 is 1.66 bits per heavy atom. The van der Waals surface area contributed by atoms with E-state index in [0.29, 0.717) is 32.4 Å². The zero-order valence-electron chi connectivity index (χ0n) is 18.1. The Hall–Kier alpha value is -3.22. The standard InChI is InChI=1S/C25H21ClN2O3S/c1-13-15(3)32-24(21(13)25(30)31-4)28-23(29)20-14(2)22(16-9-11-17(26)12-10-16)27-19-8-6-5-7-18(19)20/h5-12H,1-4H3,(H,28,29). The van der Waals surface area contributed by atoms with Crippen molar-refractivity contribution >= 4 is 50.7 Å². The quantitative estimate of drug-likeness (QED) is 0.346. The van der Waals surface area contributed by atoms with Gasteiger partial charge in [0.05, 0.1) is 29.4 Å². The summed E-state index contributed by atoms with van der Waals surface area (Å²) in [5.74, 6) is -0.775. The van der Waals surface area contributed by atoms with E-state index in [4.69, 9.17) is 21.3 Å². The molecule has 162 valence electrons. The second kappa shape index (κ2) is 8.73. The predicted octanol–water partition coefficient (Wildman–Crippen LogP) is 6.58. The topological polar surface area (TPSA) is 68.3 Å². The first-order chi connectivity index (χ1) is 15.3. The van der Waals surface area contributed by atoms with Gasteiger partial charge in [-0.15, -0.1) is 11.3 Å². The second-order valence-corrected chi connectivity index (χ2v) is 9.08. The molecular weight excluding hydrogens is 444 g/mol. The van der Waals surface area contributed by atoms with Crippen LogP contribution in [-0.4, -0.2) is 24.0 Å². The molecule has 7 heteroatoms. The number of hydrogen-bond donors (Lipinski definition) is 1. The Kier molecular flexibility index (Phi) is 6.00. The molecule has 5 nitrogen and oxygen atoms in total. The van der Waals surface area contributed by atoms with Gasteiger partial charge in [0.1, 0.15) is 5.00 Å². The van der Waals surface area contributed by atoms with Crippen molar-refractivity contribution in [2.45, 2.75) is 20.8 Å². The van der Waals surface area contributed by atoms with Gasteiger partial charge in [0.25, 0.3) is 5.91 Å². The molecule has 2 heterocycles. The van der Waals surface area contributed by atoms with Gasteiger partial charge in [-0.2, -0.15) is 0 Å². The molecule has 0 saturated heterocycles. The van der Waals surface area contributed by atoms with Crippen molar-refractivity contribution in [1.82, 2.24) is 4.98 Å². The van der Waals surface area contributed by atoms with E-state index in [1.807, 2.05) is 57.2 Å². The van der Waals surface area contributed by atoms with Crippen LogP contribution in [0, 0.1) is 20.8 Å². The van der Waals surface area contributed by atoms with Crippen LogP contribution in [0.3, 0.4) is 0 Å². The molecule has 0 atom stereocenters. The summed E-state index contributed by atoms with van der Waals surface area (Å²) in [6, 6.07) is 14.9. The van der Waals surface area contributed by atoms with E-state index in [0.717, 1.165) is 27.0 Å². The predicted molar refractivity (Wildman–Crippen MR) is 130 cm³/mol. The highest BCUT2D eigenvalue weighted by Gasteiger charge is 2.24. The molecule has 0 aliphatic carbocycles. The fraction of sp³-hybridized carbons (Fsp3) is 0.160. The zero-order valence-corrected chi connectivity index (χ0v) is 19.6. The molecule has 0 radical (unpaired) electrons. The van der Waals surface area contributed by atoms with Crippen LogP contribution in [0.15, 0.2) is 48.5 Å². The number of thiophene rings is 1. The van der Waals surface area contributed by atoms with Crippen LogP contribution in [0.5, 0.6) is 0 Å². The van der Waals surface area contributed by atoms with Gasteiger partial charge in [-0.25, -0.2) is 9.78 Å². The van der Waals surface area contributed by atoms with Gasteiger partial charge < -0.3 is 10.1 Å². The molecule has 0 saturated carbocycles. The number of methoxy groups -OCH3 is 1. The number of carbonyl (C=O) groups excluding carboxylic acids is 2. The zero-order chi connectivity index (χ0) is 23.0. The maximum atomic E-state index is 13.6. The Morgan fingerprint density at radius 1 is 0.969 bits per heavy atom. The SMILES string of the molecule is COC(=O)c1c(NC(=O)c2c(C)c(-c3ccc(Cl)cc3)nc3ccccc23)sc(C)c1C. The number of fused-ring (bicyclic) bond motifs is 1. The number of para-hydroxylation sites is 1. The number of aryl methyl sites for hydroxylation is 1. The summed E-state index contributed by atoms with van der Waals surface area (Å²) in [4.78, 5) is 31.7. The van der Waals surface area contributed by atoms with E-state index in [9.17, 15) is 9.59 Å². The van der Waals surface area contributed by atoms with E-state index < -0.39 is 5.97 Å². The molecule has 0 spiro atoms. The van der Waals surface area contributed by atoms with Crippen molar-refractivity contribution in [2.75, 3.05) is 12.4 Å². The smallest absolute Gasteiger partial charge is 0.341 e. The highest BCUT2D eigenvalue weighted by atomic mass is 35.5. The number of ether oxygens (including phenoxy) is 1. The number of hydrogen-bond acceptors (Lipinski definition) is 5. The summed E-state index contributed by atoms with van der Waals surface area (Å²) in [5, 5.41) is 4.80. The molecule has 0 aliphatic rings. The number of pyridine rings is 1. The van der Waals surface area contributed by atoms with Gasteiger partial charge >= 0.3 is 5.97 Å². The van der Waals surface area contributed by atoms with Crippen molar-refractivity contribution in [1.29, 1.82) is 0 Å². The minimum absolute atomic E-state index is 0.303. The van der Waals surface area contributed by atoms with Crippen LogP contribution < -0.4 is 5.32 Å². The number of anilines is 1. The van der Waals surface area contributed by atoms with E-state index in [1.54, 1.807) is 12.1 Å². The van der Waals surface area contributed by atoms with E-state index >= 15 is 0 Å². The molecule has 32 heavy (non-hydrogen) atoms. The molecule has 0 unspecified atom stereocenters. The van der Waals surface area contributed by atoms with Gasteiger partial charge in [0, 0.05) is 20.8 Å². The average Bonchev–Trinajstić information content (AvgIpc) is 3.06. The average molecular weight is 465 g/mol. The highest BCUT2D eigenvalue weighted by molar-refractivity contribution is 7.16. The number of esters is 1. The summed E-state index contributed by atoms with van der Waals surface area (Å²) in [6.07, 6.45) is 0. The van der Waals surface area contributed by atoms with Gasteiger partial charge in [-0.3, -0.25) is 4.79 Å². The van der Waals surface area contributed by atoms with Crippen molar-refractivity contribution in [2.24, 2.45) is 0 Å². The lowest BCUT2D eigenvalue weighted by atomic mass is 9.97. The molecule has 1 amide bonds. The highest BCUT2D eigenvalue weighted by Crippen LogP contribution is 2.35. The summed E-state index contributed by atoms with van der Waals surface area (Å²) in [7, 11) is 1.33. The first-order valence-electron chi connectivity index (χ1n) is 9.96. The minimum atomic E-state index is -0.472. The maximum absolute atomic E-state index is 13.6. The third kappa shape index (κ3) is 3.87. The van der Waals surface area contributed by atoms with Gasteiger partial charge in [-0.1, -0.05) is 41.9 Å². The Bertz CT molecular complexity index is 1360. The van der Waals surface area contributed by atoms with Crippen LogP contribution >= 0.6 is 22.9 Å². The number of aromatic nitrogens is 1. The Balaban J connectivity index is 1.87. The first kappa shape index (κ1) is 22.0. The summed E-state index contributed by atoms with van der Waals surface area (Å²) < 4.78 is 4.93. The molecule has 2 aromatic carbocycles. The molecule has 4 aromatic rings. The number of nitrogens with one attached hydrogen (secondary N) is 1. The number of amides is 1. The summed E-state index contributed by atoms with van der Waals surface area (Å²) >= 11 is 7.41. The monoisotopic (exact) mass is 464 g/mol. The van der Waals surface area contributed by atoms with E-state index in [1.165, 1.54) is 18.4 Å². The van der Waals surface area contributed by atoms with E-state index in [2.05, 4.69) is 5.32 Å². The number of benzene rings is 2.